The third-order valence-corrected chi connectivity index (χ3v) is 4.80. The van der Waals surface area contributed by atoms with Crippen molar-refractivity contribution < 1.29 is 14.6 Å². The fourth-order valence-corrected chi connectivity index (χ4v) is 3.30. The highest BCUT2D eigenvalue weighted by Gasteiger charge is 2.20. The average molecular weight is 343 g/mol. The standard InChI is InChI=1S/C19H21NO3S/c1-5-8-14-9-7-10-15(17(14)21)11-20-18-16(19(22)23-6-2)12(3)13(4)24-18/h5,7,9-11,21H,1,6,8H2,2-4H3. The third-order valence-electron chi connectivity index (χ3n) is 3.68. The van der Waals surface area contributed by atoms with Crippen LogP contribution in [0.25, 0.3) is 0 Å². The summed E-state index contributed by atoms with van der Waals surface area (Å²) < 4.78 is 5.12. The van der Waals surface area contributed by atoms with Crippen LogP contribution in [-0.4, -0.2) is 23.9 Å². The molecule has 0 spiro atoms. The van der Waals surface area contributed by atoms with Crippen LogP contribution in [0.2, 0.25) is 0 Å². The van der Waals surface area contributed by atoms with Gasteiger partial charge in [0.2, 0.25) is 0 Å². The highest BCUT2D eigenvalue weighted by atomic mass is 32.1. The van der Waals surface area contributed by atoms with Crippen molar-refractivity contribution in [2.45, 2.75) is 27.2 Å². The number of carbonyl (C=O) groups is 1. The van der Waals surface area contributed by atoms with E-state index in [1.54, 1.807) is 25.3 Å². The average Bonchev–Trinajstić information content (AvgIpc) is 2.83. The van der Waals surface area contributed by atoms with Gasteiger partial charge in [0.15, 0.2) is 0 Å². The predicted octanol–water partition coefficient (Wildman–Crippen LogP) is 4.73. The van der Waals surface area contributed by atoms with Crippen LogP contribution in [0.1, 0.15) is 38.8 Å². The van der Waals surface area contributed by atoms with Crippen LogP contribution in [-0.2, 0) is 11.2 Å². The smallest absolute Gasteiger partial charge is 0.341 e. The van der Waals surface area contributed by atoms with E-state index in [0.29, 0.717) is 29.2 Å². The highest BCUT2D eigenvalue weighted by molar-refractivity contribution is 7.16. The van der Waals surface area contributed by atoms with Crippen LogP contribution in [0.5, 0.6) is 5.75 Å². The molecule has 0 aliphatic rings. The van der Waals surface area contributed by atoms with Gasteiger partial charge < -0.3 is 9.84 Å². The van der Waals surface area contributed by atoms with Crippen molar-refractivity contribution >= 4 is 28.5 Å². The summed E-state index contributed by atoms with van der Waals surface area (Å²) in [5.74, 6) is -0.181. The van der Waals surface area contributed by atoms with Crippen LogP contribution in [0, 0.1) is 13.8 Å². The Kier molecular flexibility index (Phi) is 5.93. The molecule has 24 heavy (non-hydrogen) atoms. The number of aryl methyl sites for hydroxylation is 1. The van der Waals surface area contributed by atoms with Gasteiger partial charge in [-0.05, 0) is 44.4 Å². The zero-order valence-corrected chi connectivity index (χ0v) is 14.9. The summed E-state index contributed by atoms with van der Waals surface area (Å²) in [5, 5.41) is 10.9. The van der Waals surface area contributed by atoms with E-state index in [1.165, 1.54) is 11.3 Å². The molecule has 0 fully saturated rings. The topological polar surface area (TPSA) is 58.9 Å². The highest BCUT2D eigenvalue weighted by Crippen LogP contribution is 2.35. The molecule has 2 aromatic rings. The first-order valence-corrected chi connectivity index (χ1v) is 8.54. The fraction of sp³-hybridized carbons (Fsp3) is 0.263. The number of phenols is 1. The van der Waals surface area contributed by atoms with E-state index in [-0.39, 0.29) is 11.7 Å². The number of rotatable bonds is 6. The summed E-state index contributed by atoms with van der Waals surface area (Å²) in [7, 11) is 0. The Balaban J connectivity index is 2.40. The minimum absolute atomic E-state index is 0.184. The quantitative estimate of drug-likeness (QED) is 0.469. The fourth-order valence-electron chi connectivity index (χ4n) is 2.31. The van der Waals surface area contributed by atoms with Crippen LogP contribution in [0.4, 0.5) is 5.00 Å². The lowest BCUT2D eigenvalue weighted by Crippen LogP contribution is -2.05. The Labute approximate surface area is 146 Å². The molecule has 4 nitrogen and oxygen atoms in total. The number of hydrogen-bond acceptors (Lipinski definition) is 5. The van der Waals surface area contributed by atoms with Crippen molar-refractivity contribution in [3.63, 3.8) is 0 Å². The Bertz CT molecular complexity index is 790. The van der Waals surface area contributed by atoms with E-state index < -0.39 is 0 Å². The number of esters is 1. The van der Waals surface area contributed by atoms with Crippen molar-refractivity contribution in [1.82, 2.24) is 0 Å². The summed E-state index contributed by atoms with van der Waals surface area (Å²) in [6, 6.07) is 5.48. The van der Waals surface area contributed by atoms with E-state index in [0.717, 1.165) is 16.0 Å². The number of allylic oxidation sites excluding steroid dienone is 1. The number of aliphatic imine (C=N–C) groups is 1. The first-order chi connectivity index (χ1) is 11.5. The molecule has 5 heteroatoms. The number of nitrogens with zero attached hydrogens (tertiary/aromatic N) is 1. The molecule has 0 bridgehead atoms. The first-order valence-electron chi connectivity index (χ1n) is 7.72. The molecule has 0 aliphatic carbocycles. The second kappa shape index (κ2) is 7.93. The SMILES string of the molecule is C=CCc1cccc(C=Nc2sc(C)c(C)c2C(=O)OCC)c1O. The van der Waals surface area contributed by atoms with Crippen molar-refractivity contribution in [3.05, 3.63) is 58.0 Å². The predicted molar refractivity (Wildman–Crippen MR) is 99.0 cm³/mol. The number of ether oxygens (including phenoxy) is 1. The van der Waals surface area contributed by atoms with Gasteiger partial charge in [-0.1, -0.05) is 18.2 Å². The lowest BCUT2D eigenvalue weighted by Gasteiger charge is -2.05. The maximum atomic E-state index is 12.2. The molecule has 1 aromatic heterocycles. The molecule has 0 radical (unpaired) electrons. The summed E-state index contributed by atoms with van der Waals surface area (Å²) >= 11 is 1.44. The lowest BCUT2D eigenvalue weighted by molar-refractivity contribution is 0.0527. The maximum Gasteiger partial charge on any atom is 0.341 e. The first kappa shape index (κ1) is 17.9. The maximum absolute atomic E-state index is 12.2. The number of aromatic hydroxyl groups is 1. The molecular formula is C19H21NO3S. The number of thiophene rings is 1. The Morgan fingerprint density at radius 2 is 2.17 bits per heavy atom. The minimum atomic E-state index is -0.365. The Hall–Kier alpha value is -2.40. The minimum Gasteiger partial charge on any atom is -0.507 e. The van der Waals surface area contributed by atoms with E-state index in [2.05, 4.69) is 11.6 Å². The summed E-state index contributed by atoms with van der Waals surface area (Å²) in [6.07, 6.45) is 3.90. The van der Waals surface area contributed by atoms with Crippen molar-refractivity contribution in [3.8, 4) is 5.75 Å². The van der Waals surface area contributed by atoms with Gasteiger partial charge in [-0.15, -0.1) is 17.9 Å². The molecule has 1 aromatic carbocycles. The van der Waals surface area contributed by atoms with Gasteiger partial charge >= 0.3 is 5.97 Å². The van der Waals surface area contributed by atoms with Crippen LogP contribution in [0.15, 0.2) is 35.8 Å². The monoisotopic (exact) mass is 343 g/mol. The lowest BCUT2D eigenvalue weighted by atomic mass is 10.1. The van der Waals surface area contributed by atoms with Crippen LogP contribution >= 0.6 is 11.3 Å². The molecule has 2 rings (SSSR count). The van der Waals surface area contributed by atoms with Gasteiger partial charge in [-0.2, -0.15) is 0 Å². The van der Waals surface area contributed by atoms with Crippen LogP contribution in [0.3, 0.4) is 0 Å². The molecule has 0 aliphatic heterocycles. The Morgan fingerprint density at radius 1 is 1.42 bits per heavy atom. The zero-order valence-electron chi connectivity index (χ0n) is 14.1. The molecule has 126 valence electrons. The number of benzene rings is 1. The normalized spacial score (nSPS) is 11.0. The van der Waals surface area contributed by atoms with Crippen molar-refractivity contribution in [2.24, 2.45) is 4.99 Å². The van der Waals surface area contributed by atoms with Gasteiger partial charge in [0.05, 0.1) is 12.2 Å². The summed E-state index contributed by atoms with van der Waals surface area (Å²) in [6.45, 7) is 9.62. The van der Waals surface area contributed by atoms with Gasteiger partial charge in [-0.3, -0.25) is 0 Å². The molecule has 0 unspecified atom stereocenters. The van der Waals surface area contributed by atoms with E-state index in [4.69, 9.17) is 4.74 Å². The summed E-state index contributed by atoms with van der Waals surface area (Å²) in [4.78, 5) is 17.6. The van der Waals surface area contributed by atoms with Gasteiger partial charge in [-0.25, -0.2) is 9.79 Å². The van der Waals surface area contributed by atoms with Crippen LogP contribution < -0.4 is 0 Å². The number of phenolic OH excluding ortho intramolecular Hbond substituents is 1. The van der Waals surface area contributed by atoms with Gasteiger partial charge in [0, 0.05) is 16.7 Å². The van der Waals surface area contributed by atoms with E-state index in [9.17, 15) is 9.90 Å². The largest absolute Gasteiger partial charge is 0.507 e. The van der Waals surface area contributed by atoms with Crippen molar-refractivity contribution in [1.29, 1.82) is 0 Å². The van der Waals surface area contributed by atoms with E-state index >= 15 is 0 Å². The molecule has 1 N–H and O–H groups in total. The molecule has 0 amide bonds. The molecule has 0 saturated heterocycles. The van der Waals surface area contributed by atoms with Gasteiger partial charge in [0.1, 0.15) is 10.8 Å². The number of hydrogen-bond donors (Lipinski definition) is 1. The molecule has 0 atom stereocenters. The second-order valence-electron chi connectivity index (χ2n) is 5.29. The molecule has 0 saturated carbocycles. The van der Waals surface area contributed by atoms with Gasteiger partial charge in [0.25, 0.3) is 0 Å². The molecular weight excluding hydrogens is 322 g/mol. The Morgan fingerprint density at radius 3 is 2.83 bits per heavy atom. The third kappa shape index (κ3) is 3.74. The number of para-hydroxylation sites is 1. The zero-order chi connectivity index (χ0) is 17.7. The van der Waals surface area contributed by atoms with Crippen molar-refractivity contribution in [2.75, 3.05) is 6.61 Å². The summed E-state index contributed by atoms with van der Waals surface area (Å²) in [5.41, 5.74) is 2.78. The number of carbonyl (C=O) groups excluding carboxylic acids is 1. The second-order valence-corrected chi connectivity index (χ2v) is 6.49. The molecule has 1 heterocycles. The van der Waals surface area contributed by atoms with E-state index in [1.807, 2.05) is 26.0 Å².